The fourth-order valence-corrected chi connectivity index (χ4v) is 2.43. The third-order valence-electron chi connectivity index (χ3n) is 3.40. The molecule has 2 atom stereocenters. The Bertz CT molecular complexity index is 183. The SMILES string of the molecule is CO[C@H]1COCC[C@H]1NC1CCNCC1. The summed E-state index contributed by atoms with van der Waals surface area (Å²) in [5.41, 5.74) is 0. The molecule has 0 aromatic heterocycles. The normalized spacial score (nSPS) is 34.2. The van der Waals surface area contributed by atoms with Crippen molar-refractivity contribution in [2.24, 2.45) is 0 Å². The van der Waals surface area contributed by atoms with Crippen molar-refractivity contribution >= 4 is 0 Å². The van der Waals surface area contributed by atoms with E-state index in [4.69, 9.17) is 9.47 Å². The molecule has 2 N–H and O–H groups in total. The molecule has 0 radical (unpaired) electrons. The Hall–Kier alpha value is -0.160. The van der Waals surface area contributed by atoms with E-state index in [0.29, 0.717) is 12.1 Å². The van der Waals surface area contributed by atoms with Crippen molar-refractivity contribution in [2.45, 2.75) is 37.5 Å². The van der Waals surface area contributed by atoms with E-state index in [9.17, 15) is 0 Å². The number of hydrogen-bond acceptors (Lipinski definition) is 4. The standard InChI is InChI=1S/C11H22N2O2/c1-14-11-8-15-7-4-10(11)13-9-2-5-12-6-3-9/h9-13H,2-8H2,1H3/t10-,11+/m1/s1. The molecule has 15 heavy (non-hydrogen) atoms. The summed E-state index contributed by atoms with van der Waals surface area (Å²) < 4.78 is 10.9. The summed E-state index contributed by atoms with van der Waals surface area (Å²) in [6, 6.07) is 1.14. The Kier molecular flexibility index (Phi) is 4.38. The Morgan fingerprint density at radius 3 is 2.80 bits per heavy atom. The molecule has 4 heteroatoms. The van der Waals surface area contributed by atoms with Gasteiger partial charge in [0, 0.05) is 25.8 Å². The number of methoxy groups -OCH3 is 1. The summed E-state index contributed by atoms with van der Waals surface area (Å²) in [5, 5.41) is 7.10. The van der Waals surface area contributed by atoms with Gasteiger partial charge in [-0.1, -0.05) is 0 Å². The number of hydrogen-bond donors (Lipinski definition) is 2. The predicted molar refractivity (Wildman–Crippen MR) is 59.0 cm³/mol. The second-order valence-corrected chi connectivity index (χ2v) is 4.44. The van der Waals surface area contributed by atoms with Gasteiger partial charge in [-0.3, -0.25) is 0 Å². The lowest BCUT2D eigenvalue weighted by molar-refractivity contribution is -0.0527. The molecule has 0 saturated carbocycles. The van der Waals surface area contributed by atoms with Crippen LogP contribution in [0.15, 0.2) is 0 Å². The molecule has 0 aromatic carbocycles. The molecule has 2 aliphatic heterocycles. The third-order valence-corrected chi connectivity index (χ3v) is 3.40. The van der Waals surface area contributed by atoms with E-state index in [1.807, 2.05) is 0 Å². The van der Waals surface area contributed by atoms with Crippen molar-refractivity contribution in [3.8, 4) is 0 Å². The molecule has 0 aliphatic carbocycles. The second-order valence-electron chi connectivity index (χ2n) is 4.44. The Morgan fingerprint density at radius 2 is 2.07 bits per heavy atom. The van der Waals surface area contributed by atoms with Crippen molar-refractivity contribution in [1.82, 2.24) is 10.6 Å². The van der Waals surface area contributed by atoms with Gasteiger partial charge >= 0.3 is 0 Å². The minimum absolute atomic E-state index is 0.230. The van der Waals surface area contributed by atoms with E-state index >= 15 is 0 Å². The van der Waals surface area contributed by atoms with Crippen molar-refractivity contribution in [3.63, 3.8) is 0 Å². The molecule has 0 bridgehead atoms. The average Bonchev–Trinajstić information content (AvgIpc) is 2.31. The van der Waals surface area contributed by atoms with Crippen molar-refractivity contribution < 1.29 is 9.47 Å². The lowest BCUT2D eigenvalue weighted by atomic mass is 10.0. The van der Waals surface area contributed by atoms with Crippen LogP contribution >= 0.6 is 0 Å². The molecular formula is C11H22N2O2. The number of piperidine rings is 1. The van der Waals surface area contributed by atoms with Gasteiger partial charge < -0.3 is 20.1 Å². The second kappa shape index (κ2) is 5.80. The van der Waals surface area contributed by atoms with E-state index in [2.05, 4.69) is 10.6 Å². The van der Waals surface area contributed by atoms with Crippen LogP contribution in [0.4, 0.5) is 0 Å². The lowest BCUT2D eigenvalue weighted by Gasteiger charge is -2.35. The largest absolute Gasteiger partial charge is 0.379 e. The monoisotopic (exact) mass is 214 g/mol. The van der Waals surface area contributed by atoms with E-state index in [-0.39, 0.29) is 6.10 Å². The van der Waals surface area contributed by atoms with Gasteiger partial charge in [0.15, 0.2) is 0 Å². The summed E-state index contributed by atoms with van der Waals surface area (Å²) in [7, 11) is 1.77. The van der Waals surface area contributed by atoms with Crippen LogP contribution in [0.5, 0.6) is 0 Å². The van der Waals surface area contributed by atoms with Gasteiger partial charge in [-0.05, 0) is 32.4 Å². The Balaban J connectivity index is 1.79. The lowest BCUT2D eigenvalue weighted by Crippen LogP contribution is -2.53. The molecule has 4 nitrogen and oxygen atoms in total. The smallest absolute Gasteiger partial charge is 0.0958 e. The van der Waals surface area contributed by atoms with Crippen LogP contribution in [0.2, 0.25) is 0 Å². The van der Waals surface area contributed by atoms with Crippen LogP contribution in [-0.4, -0.2) is 51.6 Å². The summed E-state index contributed by atoms with van der Waals surface area (Å²) in [6.45, 7) is 3.87. The van der Waals surface area contributed by atoms with Crippen LogP contribution in [0, 0.1) is 0 Å². The number of nitrogens with one attached hydrogen (secondary N) is 2. The van der Waals surface area contributed by atoms with Gasteiger partial charge in [0.05, 0.1) is 12.7 Å². The zero-order valence-electron chi connectivity index (χ0n) is 9.50. The number of ether oxygens (including phenoxy) is 2. The first-order chi connectivity index (χ1) is 7.40. The zero-order chi connectivity index (χ0) is 10.5. The summed E-state index contributed by atoms with van der Waals surface area (Å²) in [5.74, 6) is 0. The van der Waals surface area contributed by atoms with E-state index in [1.54, 1.807) is 7.11 Å². The summed E-state index contributed by atoms with van der Waals surface area (Å²) in [6.07, 6.45) is 3.76. The molecule has 2 heterocycles. The molecule has 0 amide bonds. The maximum atomic E-state index is 5.44. The first-order valence-electron chi connectivity index (χ1n) is 5.97. The quantitative estimate of drug-likeness (QED) is 0.701. The summed E-state index contributed by atoms with van der Waals surface area (Å²) in [4.78, 5) is 0. The minimum Gasteiger partial charge on any atom is -0.379 e. The molecule has 2 saturated heterocycles. The minimum atomic E-state index is 0.230. The van der Waals surface area contributed by atoms with Crippen LogP contribution in [0.25, 0.3) is 0 Å². The van der Waals surface area contributed by atoms with E-state index in [0.717, 1.165) is 32.7 Å². The molecule has 0 spiro atoms. The fourth-order valence-electron chi connectivity index (χ4n) is 2.43. The summed E-state index contributed by atoms with van der Waals surface area (Å²) >= 11 is 0. The molecule has 2 fully saturated rings. The van der Waals surface area contributed by atoms with Crippen LogP contribution in [-0.2, 0) is 9.47 Å². The van der Waals surface area contributed by atoms with Gasteiger partial charge in [-0.15, -0.1) is 0 Å². The predicted octanol–water partition coefficient (Wildman–Crippen LogP) is 0.132. The molecule has 2 rings (SSSR count). The van der Waals surface area contributed by atoms with Crippen molar-refractivity contribution in [2.75, 3.05) is 33.4 Å². The maximum absolute atomic E-state index is 5.44. The Morgan fingerprint density at radius 1 is 1.27 bits per heavy atom. The topological polar surface area (TPSA) is 42.5 Å². The van der Waals surface area contributed by atoms with Gasteiger partial charge in [0.1, 0.15) is 0 Å². The number of rotatable bonds is 3. The Labute approximate surface area is 91.7 Å². The molecular weight excluding hydrogens is 192 g/mol. The highest BCUT2D eigenvalue weighted by Gasteiger charge is 2.27. The zero-order valence-corrected chi connectivity index (χ0v) is 9.50. The first kappa shape index (κ1) is 11.3. The van der Waals surface area contributed by atoms with Gasteiger partial charge in [-0.2, -0.15) is 0 Å². The molecule has 0 unspecified atom stereocenters. The van der Waals surface area contributed by atoms with Gasteiger partial charge in [-0.25, -0.2) is 0 Å². The van der Waals surface area contributed by atoms with Crippen molar-refractivity contribution in [3.05, 3.63) is 0 Å². The average molecular weight is 214 g/mol. The van der Waals surface area contributed by atoms with Crippen molar-refractivity contribution in [1.29, 1.82) is 0 Å². The highest BCUT2D eigenvalue weighted by Crippen LogP contribution is 2.13. The highest BCUT2D eigenvalue weighted by atomic mass is 16.5. The van der Waals surface area contributed by atoms with Crippen LogP contribution in [0.3, 0.4) is 0 Å². The first-order valence-corrected chi connectivity index (χ1v) is 5.97. The van der Waals surface area contributed by atoms with E-state index in [1.165, 1.54) is 12.8 Å². The van der Waals surface area contributed by atoms with E-state index < -0.39 is 0 Å². The molecule has 2 aliphatic rings. The molecule has 88 valence electrons. The van der Waals surface area contributed by atoms with Crippen LogP contribution in [0.1, 0.15) is 19.3 Å². The third kappa shape index (κ3) is 3.14. The van der Waals surface area contributed by atoms with Gasteiger partial charge in [0.2, 0.25) is 0 Å². The molecule has 0 aromatic rings. The van der Waals surface area contributed by atoms with Crippen LogP contribution < -0.4 is 10.6 Å². The van der Waals surface area contributed by atoms with Gasteiger partial charge in [0.25, 0.3) is 0 Å². The highest BCUT2D eigenvalue weighted by molar-refractivity contribution is 4.85. The fraction of sp³-hybridized carbons (Fsp3) is 1.00. The maximum Gasteiger partial charge on any atom is 0.0958 e.